The zero-order valence-electron chi connectivity index (χ0n) is 5.74. The van der Waals surface area contributed by atoms with Crippen molar-refractivity contribution in [2.45, 2.75) is 18.7 Å². The van der Waals surface area contributed by atoms with E-state index in [4.69, 9.17) is 5.73 Å². The Morgan fingerprint density at radius 1 is 1.80 bits per heavy atom. The summed E-state index contributed by atoms with van der Waals surface area (Å²) in [6.07, 6.45) is 0.310. The van der Waals surface area contributed by atoms with Gasteiger partial charge in [-0.15, -0.1) is 16.7 Å². The Bertz CT molecular complexity index is 129. The van der Waals surface area contributed by atoms with Gasteiger partial charge in [0.2, 0.25) is 5.91 Å². The number of primary amides is 1. The summed E-state index contributed by atoms with van der Waals surface area (Å²) in [5.74, 6) is 0.230. The van der Waals surface area contributed by atoms with Gasteiger partial charge >= 0.3 is 0 Å². The molecule has 1 atom stereocenters. The Kier molecular flexibility index (Phi) is 4.92. The molecule has 0 saturated heterocycles. The first-order chi connectivity index (χ1) is 4.66. The number of carbonyl (C=O) groups is 1. The van der Waals surface area contributed by atoms with Gasteiger partial charge in [0, 0.05) is 12.2 Å². The van der Waals surface area contributed by atoms with Crippen LogP contribution in [0.3, 0.4) is 0 Å². The van der Waals surface area contributed by atoms with E-state index in [0.717, 1.165) is 0 Å². The first kappa shape index (κ1) is 9.42. The smallest absolute Gasteiger partial charge is 0.218 e. The van der Waals surface area contributed by atoms with Crippen LogP contribution in [0.25, 0.3) is 0 Å². The molecule has 0 bridgehead atoms. The van der Waals surface area contributed by atoms with Gasteiger partial charge < -0.3 is 5.73 Å². The van der Waals surface area contributed by atoms with Crippen molar-refractivity contribution in [1.82, 2.24) is 0 Å². The molecule has 1 unspecified atom stereocenters. The van der Waals surface area contributed by atoms with Crippen LogP contribution in [-0.4, -0.2) is 17.0 Å². The molecule has 0 spiro atoms. The van der Waals surface area contributed by atoms with E-state index in [2.05, 4.69) is 5.18 Å². The molecule has 0 rings (SSSR count). The van der Waals surface area contributed by atoms with Gasteiger partial charge in [-0.25, -0.2) is 0 Å². The lowest BCUT2D eigenvalue weighted by Gasteiger charge is -1.98. The van der Waals surface area contributed by atoms with Crippen molar-refractivity contribution in [3.8, 4) is 0 Å². The summed E-state index contributed by atoms with van der Waals surface area (Å²) in [6, 6.07) is 0. The quantitative estimate of drug-likeness (QED) is 0.605. The van der Waals surface area contributed by atoms with Crippen molar-refractivity contribution in [2.24, 2.45) is 10.9 Å². The van der Waals surface area contributed by atoms with Crippen molar-refractivity contribution >= 4 is 17.7 Å². The summed E-state index contributed by atoms with van der Waals surface area (Å²) in [5, 5.41) is 2.47. The second kappa shape index (κ2) is 5.22. The number of nitrogens with zero attached hydrogens (tertiary/aromatic N) is 1. The SMILES string of the molecule is CC(N=O)SCCC(N)=O. The van der Waals surface area contributed by atoms with Gasteiger partial charge in [0.25, 0.3) is 0 Å². The van der Waals surface area contributed by atoms with Crippen molar-refractivity contribution < 1.29 is 4.79 Å². The average molecular weight is 162 g/mol. The standard InChI is InChI=1S/C5H10N2O2S/c1-4(7-9)10-3-2-5(6)8/h4H,2-3H2,1H3,(H2,6,8). The maximum atomic E-state index is 10.2. The Morgan fingerprint density at radius 2 is 2.40 bits per heavy atom. The molecule has 0 heterocycles. The summed E-state index contributed by atoms with van der Waals surface area (Å²) < 4.78 is 0. The molecule has 2 N–H and O–H groups in total. The molecular formula is C5H10N2O2S. The second-order valence-corrected chi connectivity index (χ2v) is 3.22. The maximum Gasteiger partial charge on any atom is 0.218 e. The molecular weight excluding hydrogens is 152 g/mol. The zero-order chi connectivity index (χ0) is 7.98. The van der Waals surface area contributed by atoms with Crippen LogP contribution in [0.4, 0.5) is 0 Å². The Morgan fingerprint density at radius 3 is 2.80 bits per heavy atom. The summed E-state index contributed by atoms with van der Waals surface area (Å²) >= 11 is 1.32. The molecule has 1 amide bonds. The Balaban J connectivity index is 3.19. The molecule has 0 aromatic rings. The number of carbonyl (C=O) groups excluding carboxylic acids is 1. The summed E-state index contributed by atoms with van der Waals surface area (Å²) in [4.78, 5) is 20.0. The highest BCUT2D eigenvalue weighted by Gasteiger charge is 2.01. The lowest BCUT2D eigenvalue weighted by Crippen LogP contribution is -2.11. The molecule has 58 valence electrons. The number of nitrogens with two attached hydrogens (primary N) is 1. The van der Waals surface area contributed by atoms with E-state index in [1.54, 1.807) is 6.92 Å². The normalized spacial score (nSPS) is 12.5. The van der Waals surface area contributed by atoms with Crippen LogP contribution in [0.15, 0.2) is 5.18 Å². The molecule has 0 aliphatic carbocycles. The van der Waals surface area contributed by atoms with Crippen LogP contribution < -0.4 is 5.73 Å². The molecule has 0 radical (unpaired) electrons. The van der Waals surface area contributed by atoms with Gasteiger partial charge in [-0.1, -0.05) is 5.18 Å². The number of hydrogen-bond acceptors (Lipinski definition) is 4. The van der Waals surface area contributed by atoms with Crippen LogP contribution in [0.1, 0.15) is 13.3 Å². The third kappa shape index (κ3) is 5.55. The molecule has 0 aromatic heterocycles. The van der Waals surface area contributed by atoms with E-state index in [0.29, 0.717) is 12.2 Å². The van der Waals surface area contributed by atoms with Crippen molar-refractivity contribution in [3.63, 3.8) is 0 Å². The van der Waals surface area contributed by atoms with E-state index in [1.807, 2.05) is 0 Å². The topological polar surface area (TPSA) is 72.5 Å². The molecule has 0 fully saturated rings. The Labute approximate surface area is 63.5 Å². The predicted molar refractivity (Wildman–Crippen MR) is 41.5 cm³/mol. The van der Waals surface area contributed by atoms with Gasteiger partial charge in [-0.3, -0.25) is 4.79 Å². The van der Waals surface area contributed by atoms with Gasteiger partial charge in [-0.05, 0) is 6.92 Å². The van der Waals surface area contributed by atoms with E-state index in [9.17, 15) is 9.70 Å². The number of rotatable bonds is 5. The van der Waals surface area contributed by atoms with E-state index in [-0.39, 0.29) is 11.3 Å². The highest BCUT2D eigenvalue weighted by molar-refractivity contribution is 7.99. The molecule has 0 aliphatic heterocycles. The Hall–Kier alpha value is -0.580. The fraction of sp³-hybridized carbons (Fsp3) is 0.800. The molecule has 0 aromatic carbocycles. The largest absolute Gasteiger partial charge is 0.370 e. The number of thioether (sulfide) groups is 1. The highest BCUT2D eigenvalue weighted by Crippen LogP contribution is 2.11. The van der Waals surface area contributed by atoms with Gasteiger partial charge in [0.05, 0.1) is 0 Å². The summed E-state index contributed by atoms with van der Waals surface area (Å²) in [7, 11) is 0. The fourth-order valence-electron chi connectivity index (χ4n) is 0.361. The van der Waals surface area contributed by atoms with Crippen molar-refractivity contribution in [3.05, 3.63) is 4.91 Å². The van der Waals surface area contributed by atoms with E-state index in [1.165, 1.54) is 11.8 Å². The van der Waals surface area contributed by atoms with Crippen LogP contribution in [-0.2, 0) is 4.79 Å². The van der Waals surface area contributed by atoms with Gasteiger partial charge in [0.1, 0.15) is 5.37 Å². The van der Waals surface area contributed by atoms with Crippen LogP contribution in [0, 0.1) is 4.91 Å². The number of amides is 1. The first-order valence-corrected chi connectivity index (χ1v) is 3.94. The minimum absolute atomic E-state index is 0.278. The lowest BCUT2D eigenvalue weighted by atomic mass is 10.5. The maximum absolute atomic E-state index is 10.2. The van der Waals surface area contributed by atoms with Gasteiger partial charge in [-0.2, -0.15) is 0 Å². The predicted octanol–water partition coefficient (Wildman–Crippen LogP) is 0.707. The van der Waals surface area contributed by atoms with Crippen molar-refractivity contribution in [1.29, 1.82) is 0 Å². The van der Waals surface area contributed by atoms with Crippen LogP contribution >= 0.6 is 11.8 Å². The summed E-state index contributed by atoms with van der Waals surface area (Å²) in [5.41, 5.74) is 4.86. The van der Waals surface area contributed by atoms with Gasteiger partial charge in [0.15, 0.2) is 0 Å². The fourth-order valence-corrected chi connectivity index (χ4v) is 1.08. The molecule has 0 aliphatic rings. The molecule has 0 saturated carbocycles. The van der Waals surface area contributed by atoms with Crippen LogP contribution in [0.5, 0.6) is 0 Å². The monoisotopic (exact) mass is 162 g/mol. The molecule has 5 heteroatoms. The number of hydrogen-bond donors (Lipinski definition) is 1. The molecule has 4 nitrogen and oxygen atoms in total. The van der Waals surface area contributed by atoms with Crippen LogP contribution in [0.2, 0.25) is 0 Å². The second-order valence-electron chi connectivity index (χ2n) is 1.79. The number of nitroso groups, excluding NO2 is 1. The average Bonchev–Trinajstić information content (AvgIpc) is 1.87. The van der Waals surface area contributed by atoms with E-state index >= 15 is 0 Å². The minimum Gasteiger partial charge on any atom is -0.370 e. The highest BCUT2D eigenvalue weighted by atomic mass is 32.2. The summed E-state index contributed by atoms with van der Waals surface area (Å²) in [6.45, 7) is 1.68. The lowest BCUT2D eigenvalue weighted by molar-refractivity contribution is -0.117. The molecule has 10 heavy (non-hydrogen) atoms. The zero-order valence-corrected chi connectivity index (χ0v) is 6.56. The van der Waals surface area contributed by atoms with Crippen molar-refractivity contribution in [2.75, 3.05) is 5.75 Å². The van der Waals surface area contributed by atoms with E-state index < -0.39 is 0 Å². The third-order valence-electron chi connectivity index (χ3n) is 0.856. The first-order valence-electron chi connectivity index (χ1n) is 2.89. The third-order valence-corrected chi connectivity index (χ3v) is 1.86. The minimum atomic E-state index is -0.342.